The van der Waals surface area contributed by atoms with Crippen LogP contribution >= 0.6 is 0 Å². The summed E-state index contributed by atoms with van der Waals surface area (Å²) in [5, 5.41) is 0. The van der Waals surface area contributed by atoms with Crippen LogP contribution < -0.4 is 0 Å². The van der Waals surface area contributed by atoms with Gasteiger partial charge in [-0.1, -0.05) is 0 Å². The maximum Gasteiger partial charge on any atom is 0.761 e. The number of rotatable bonds is 0. The van der Waals surface area contributed by atoms with Crippen molar-refractivity contribution in [2.75, 3.05) is 0 Å². The zero-order valence-corrected chi connectivity index (χ0v) is 10.7. The van der Waals surface area contributed by atoms with Gasteiger partial charge in [-0.05, 0) is 0 Å². The molecule has 0 unspecified atom stereocenters. The standard InChI is InChI=1S/La.H2O3Si.Ta/c;1-4(2)3;/h;1-2H;. The van der Waals surface area contributed by atoms with Gasteiger partial charge in [0, 0.05) is 58.0 Å². The van der Waals surface area contributed by atoms with Gasteiger partial charge in [0.05, 0.1) is 0 Å². The summed E-state index contributed by atoms with van der Waals surface area (Å²) in [5.41, 5.74) is 0. The van der Waals surface area contributed by atoms with Gasteiger partial charge in [0.25, 0.3) is 0 Å². The summed E-state index contributed by atoms with van der Waals surface area (Å²) >= 11 is 0. The zero-order valence-electron chi connectivity index (χ0n) is 2.83. The van der Waals surface area contributed by atoms with E-state index in [0.29, 0.717) is 0 Å². The van der Waals surface area contributed by atoms with Gasteiger partial charge in [-0.25, -0.2) is 0 Å². The fourth-order valence-electron chi connectivity index (χ4n) is 0. The summed E-state index contributed by atoms with van der Waals surface area (Å²) in [7, 11) is -3.13. The molecule has 2 radical (unpaired) electrons. The zero-order chi connectivity index (χ0) is 3.58. The van der Waals surface area contributed by atoms with Gasteiger partial charge in [-0.3, -0.25) is 4.46 Å². The molecule has 0 amide bonds. The minimum absolute atomic E-state index is 0. The molecule has 0 aromatic heterocycles. The maximum atomic E-state index is 8.74. The molecule has 0 saturated heterocycles. The summed E-state index contributed by atoms with van der Waals surface area (Å²) in [4.78, 5) is 14.3. The quantitative estimate of drug-likeness (QED) is 0.483. The van der Waals surface area contributed by atoms with Gasteiger partial charge < -0.3 is 9.59 Å². The van der Waals surface area contributed by atoms with Crippen molar-refractivity contribution < 1.29 is 72.0 Å². The Kier molecular flexibility index (Phi) is 25.4. The van der Waals surface area contributed by atoms with Crippen molar-refractivity contribution in [3.05, 3.63) is 0 Å². The molecule has 6 heteroatoms. The van der Waals surface area contributed by atoms with Crippen LogP contribution in [0, 0.1) is 35.6 Å². The monoisotopic (exact) mass is 398 g/mol. The Balaban J connectivity index is -0.0000000450. The summed E-state index contributed by atoms with van der Waals surface area (Å²) in [6, 6.07) is 0. The Morgan fingerprint density at radius 2 is 1.33 bits per heavy atom. The van der Waals surface area contributed by atoms with E-state index in [0.717, 1.165) is 0 Å². The Morgan fingerprint density at radius 3 is 1.33 bits per heavy atom. The molecule has 2 N–H and O–H groups in total. The Morgan fingerprint density at radius 1 is 1.33 bits per heavy atom. The molecule has 0 heterocycles. The molecule has 0 rings (SSSR count). The van der Waals surface area contributed by atoms with Crippen molar-refractivity contribution in [1.29, 1.82) is 0 Å². The molecule has 0 aliphatic rings. The van der Waals surface area contributed by atoms with Crippen molar-refractivity contribution in [3.63, 3.8) is 0 Å². The van der Waals surface area contributed by atoms with Gasteiger partial charge in [-0.15, -0.1) is 0 Å². The van der Waals surface area contributed by atoms with E-state index in [9.17, 15) is 0 Å². The third-order valence-corrected chi connectivity index (χ3v) is 0. The molecule has 0 aromatic carbocycles. The molecule has 0 atom stereocenters. The second kappa shape index (κ2) is 9.75. The Hall–Kier alpha value is 1.55. The van der Waals surface area contributed by atoms with Crippen LogP contribution in [0.25, 0.3) is 0 Å². The maximum absolute atomic E-state index is 8.74. The van der Waals surface area contributed by atoms with Crippen LogP contribution in [0.3, 0.4) is 0 Å². The third-order valence-electron chi connectivity index (χ3n) is 0. The van der Waals surface area contributed by atoms with Crippen LogP contribution in [-0.4, -0.2) is 18.8 Å². The van der Waals surface area contributed by atoms with E-state index in [1.54, 1.807) is 0 Å². The smallest absolute Gasteiger partial charge is 0.511 e. The van der Waals surface area contributed by atoms with Crippen molar-refractivity contribution in [1.82, 2.24) is 0 Å². The molecule has 0 aromatic rings. The fourth-order valence-corrected chi connectivity index (χ4v) is 0. The molecular formula is H2LaO3SiTa. The largest absolute Gasteiger partial charge is 0.761 e. The van der Waals surface area contributed by atoms with Crippen molar-refractivity contribution >= 4 is 9.17 Å². The van der Waals surface area contributed by atoms with E-state index in [4.69, 9.17) is 14.1 Å². The Labute approximate surface area is 80.2 Å². The van der Waals surface area contributed by atoms with E-state index in [1.165, 1.54) is 0 Å². The van der Waals surface area contributed by atoms with E-state index in [2.05, 4.69) is 0 Å². The van der Waals surface area contributed by atoms with Crippen LogP contribution in [0.15, 0.2) is 0 Å². The molecule has 0 saturated carbocycles. The van der Waals surface area contributed by atoms with E-state index in [-0.39, 0.29) is 58.0 Å². The van der Waals surface area contributed by atoms with Gasteiger partial charge in [0.15, 0.2) is 0 Å². The summed E-state index contributed by atoms with van der Waals surface area (Å²) < 4.78 is 8.74. The molecule has 6 heavy (non-hydrogen) atoms. The number of hydrogen-bond acceptors (Lipinski definition) is 1. The summed E-state index contributed by atoms with van der Waals surface area (Å²) in [6.45, 7) is 0. The van der Waals surface area contributed by atoms with Crippen LogP contribution in [0.2, 0.25) is 0 Å². The van der Waals surface area contributed by atoms with E-state index in [1.807, 2.05) is 0 Å². The van der Waals surface area contributed by atoms with Crippen LogP contribution in [0.1, 0.15) is 0 Å². The van der Waals surface area contributed by atoms with Crippen molar-refractivity contribution in [2.24, 2.45) is 0 Å². The van der Waals surface area contributed by atoms with Gasteiger partial charge >= 0.3 is 9.17 Å². The second-order valence-electron chi connectivity index (χ2n) is 0.283. The van der Waals surface area contributed by atoms with E-state index < -0.39 is 9.17 Å². The average molecular weight is 398 g/mol. The van der Waals surface area contributed by atoms with Crippen LogP contribution in [0.5, 0.6) is 0 Å². The fraction of sp³-hybridized carbons (Fsp3) is 0. The number of hydrogen-bond donors (Lipinski definition) is 2. The first kappa shape index (κ1) is 15.6. The first-order valence-corrected chi connectivity index (χ1v) is 1.95. The Bertz CT molecular complexity index is 33.8. The van der Waals surface area contributed by atoms with Crippen LogP contribution in [0.4, 0.5) is 0 Å². The molecule has 0 bridgehead atoms. The molecule has 3 nitrogen and oxygen atoms in total. The predicted octanol–water partition coefficient (Wildman–Crippen LogP) is -1.62. The average Bonchev–Trinajstić information content (AvgIpc) is 0.811. The minimum atomic E-state index is -3.13. The van der Waals surface area contributed by atoms with E-state index >= 15 is 0 Å². The molecule has 32 valence electrons. The SMILES string of the molecule is O=[Si](O)O.[La].[Ta]. The van der Waals surface area contributed by atoms with Crippen molar-refractivity contribution in [2.45, 2.75) is 0 Å². The van der Waals surface area contributed by atoms with Crippen molar-refractivity contribution in [3.8, 4) is 0 Å². The topological polar surface area (TPSA) is 57.5 Å². The first-order valence-electron chi connectivity index (χ1n) is 0.651. The normalized spacial score (nSPS) is 4.00. The molecule has 0 aliphatic carbocycles. The minimum Gasteiger partial charge on any atom is -0.511 e. The predicted molar refractivity (Wildman–Crippen MR) is 10.9 cm³/mol. The van der Waals surface area contributed by atoms with Crippen LogP contribution in [-0.2, 0) is 26.8 Å². The second-order valence-corrected chi connectivity index (χ2v) is 0.848. The molecule has 0 fully saturated rings. The van der Waals surface area contributed by atoms with Gasteiger partial charge in [-0.2, -0.15) is 0 Å². The van der Waals surface area contributed by atoms with Gasteiger partial charge in [0.2, 0.25) is 0 Å². The third kappa shape index (κ3) is 47.8. The van der Waals surface area contributed by atoms with Gasteiger partial charge in [0.1, 0.15) is 0 Å². The summed E-state index contributed by atoms with van der Waals surface area (Å²) in [5.74, 6) is 0. The molecule has 0 spiro atoms. The summed E-state index contributed by atoms with van der Waals surface area (Å²) in [6.07, 6.45) is 0. The first-order chi connectivity index (χ1) is 1.73. The molecule has 0 aliphatic heterocycles. The molecular weight excluding hydrogens is 396 g/mol.